The smallest absolute Gasteiger partial charge is 0.279 e. The van der Waals surface area contributed by atoms with Crippen LogP contribution in [0.3, 0.4) is 0 Å². The highest BCUT2D eigenvalue weighted by Crippen LogP contribution is 2.24. The quantitative estimate of drug-likeness (QED) is 0.787. The summed E-state index contributed by atoms with van der Waals surface area (Å²) in [6, 6.07) is 0. The van der Waals surface area contributed by atoms with Crippen molar-refractivity contribution in [1.82, 2.24) is 13.9 Å². The zero-order chi connectivity index (χ0) is 13.7. The minimum Gasteiger partial charge on any atom is -0.300 e. The summed E-state index contributed by atoms with van der Waals surface area (Å²) >= 11 is 0. The molecule has 0 radical (unpaired) electrons. The van der Waals surface area contributed by atoms with Gasteiger partial charge in [0.15, 0.2) is 0 Å². The summed E-state index contributed by atoms with van der Waals surface area (Å²) in [4.78, 5) is 2.44. The average Bonchev–Trinajstić information content (AvgIpc) is 2.68. The van der Waals surface area contributed by atoms with Crippen molar-refractivity contribution in [3.8, 4) is 0 Å². The Hall–Kier alpha value is -0.170. The molecule has 0 aromatic heterocycles. The molecule has 1 aliphatic carbocycles. The van der Waals surface area contributed by atoms with Crippen molar-refractivity contribution in [2.75, 3.05) is 39.8 Å². The molecule has 1 N–H and O–H groups in total. The Bertz CT molecular complexity index is 356. The number of rotatable bonds is 4. The molecule has 6 heteroatoms. The van der Waals surface area contributed by atoms with E-state index in [2.05, 4.69) is 9.62 Å². The van der Waals surface area contributed by atoms with Gasteiger partial charge in [-0.2, -0.15) is 12.7 Å². The van der Waals surface area contributed by atoms with Crippen LogP contribution < -0.4 is 4.72 Å². The van der Waals surface area contributed by atoms with Crippen molar-refractivity contribution in [2.45, 2.75) is 38.5 Å². The zero-order valence-corrected chi connectivity index (χ0v) is 12.8. The van der Waals surface area contributed by atoms with Crippen molar-refractivity contribution in [1.29, 1.82) is 0 Å². The summed E-state index contributed by atoms with van der Waals surface area (Å²) in [6.07, 6.45) is 8.25. The van der Waals surface area contributed by atoms with Crippen molar-refractivity contribution in [2.24, 2.45) is 5.92 Å². The Morgan fingerprint density at radius 2 is 1.58 bits per heavy atom. The molecular weight excluding hydrogens is 262 g/mol. The predicted octanol–water partition coefficient (Wildman–Crippen LogP) is 1.04. The van der Waals surface area contributed by atoms with E-state index in [1.807, 2.05) is 0 Å². The largest absolute Gasteiger partial charge is 0.300 e. The van der Waals surface area contributed by atoms with Crippen LogP contribution in [0.15, 0.2) is 0 Å². The molecule has 112 valence electrons. The fourth-order valence-electron chi connectivity index (χ4n) is 3.19. The first-order chi connectivity index (χ1) is 9.12. The Morgan fingerprint density at radius 1 is 1.00 bits per heavy atom. The summed E-state index contributed by atoms with van der Waals surface area (Å²) < 4.78 is 27.3. The molecule has 1 saturated heterocycles. The van der Waals surface area contributed by atoms with Crippen LogP contribution in [0.25, 0.3) is 0 Å². The second-order valence-electron chi connectivity index (χ2n) is 5.77. The summed E-state index contributed by atoms with van der Waals surface area (Å²) in [7, 11) is -1.75. The highest BCUT2D eigenvalue weighted by atomic mass is 32.2. The van der Waals surface area contributed by atoms with E-state index >= 15 is 0 Å². The lowest BCUT2D eigenvalue weighted by Crippen LogP contribution is -2.52. The van der Waals surface area contributed by atoms with Crippen LogP contribution in [0.2, 0.25) is 0 Å². The molecule has 5 nitrogen and oxygen atoms in total. The third-order valence-electron chi connectivity index (χ3n) is 4.42. The van der Waals surface area contributed by atoms with Crippen LogP contribution in [0.5, 0.6) is 0 Å². The molecular formula is C13H27N3O2S. The lowest BCUT2D eigenvalue weighted by atomic mass is 9.99. The topological polar surface area (TPSA) is 52.7 Å². The molecule has 2 aliphatic rings. The Morgan fingerprint density at radius 3 is 2.11 bits per heavy atom. The van der Waals surface area contributed by atoms with E-state index in [1.165, 1.54) is 45.6 Å². The third kappa shape index (κ3) is 4.41. The maximum absolute atomic E-state index is 11.7. The second-order valence-corrected chi connectivity index (χ2v) is 7.64. The standard InChI is InChI=1S/C13H27N3O2S/c1-14-19(17,18)16-10-8-15(9-11-16)12-13-6-4-2-3-5-7-13/h13-14H,2-12H2,1H3. The first kappa shape index (κ1) is 15.2. The van der Waals surface area contributed by atoms with E-state index in [4.69, 9.17) is 0 Å². The SMILES string of the molecule is CNS(=O)(=O)N1CCN(CC2CCCCCC2)CC1. The Labute approximate surface area is 117 Å². The van der Waals surface area contributed by atoms with Gasteiger partial charge in [0.25, 0.3) is 10.2 Å². The first-order valence-electron chi connectivity index (χ1n) is 7.53. The molecule has 0 bridgehead atoms. The molecule has 1 saturated carbocycles. The van der Waals surface area contributed by atoms with Crippen LogP contribution in [0, 0.1) is 5.92 Å². The molecule has 0 amide bonds. The highest BCUT2D eigenvalue weighted by molar-refractivity contribution is 7.87. The van der Waals surface area contributed by atoms with Crippen LogP contribution in [-0.4, -0.2) is 57.4 Å². The fraction of sp³-hybridized carbons (Fsp3) is 1.00. The minimum atomic E-state index is -3.23. The van der Waals surface area contributed by atoms with Gasteiger partial charge < -0.3 is 4.90 Å². The molecule has 0 atom stereocenters. The van der Waals surface area contributed by atoms with Crippen LogP contribution in [0.4, 0.5) is 0 Å². The molecule has 0 unspecified atom stereocenters. The van der Waals surface area contributed by atoms with Gasteiger partial charge in [0.2, 0.25) is 0 Å². The van der Waals surface area contributed by atoms with Gasteiger partial charge in [-0.1, -0.05) is 25.7 Å². The third-order valence-corrected chi connectivity index (χ3v) is 5.98. The molecule has 2 fully saturated rings. The van der Waals surface area contributed by atoms with Crippen molar-refractivity contribution < 1.29 is 8.42 Å². The molecule has 1 heterocycles. The van der Waals surface area contributed by atoms with Crippen LogP contribution in [-0.2, 0) is 10.2 Å². The van der Waals surface area contributed by atoms with E-state index in [0.29, 0.717) is 13.1 Å². The molecule has 0 aromatic carbocycles. The van der Waals surface area contributed by atoms with Crippen molar-refractivity contribution in [3.63, 3.8) is 0 Å². The second kappa shape index (κ2) is 7.02. The molecule has 1 aliphatic heterocycles. The van der Waals surface area contributed by atoms with Crippen LogP contribution in [0.1, 0.15) is 38.5 Å². The van der Waals surface area contributed by atoms with Crippen molar-refractivity contribution in [3.05, 3.63) is 0 Å². The summed E-state index contributed by atoms with van der Waals surface area (Å²) in [5.41, 5.74) is 0. The van der Waals surface area contributed by atoms with E-state index in [-0.39, 0.29) is 0 Å². The minimum absolute atomic E-state index is 0.621. The van der Waals surface area contributed by atoms with E-state index in [9.17, 15) is 8.42 Å². The van der Waals surface area contributed by atoms with E-state index < -0.39 is 10.2 Å². The molecule has 0 aromatic rings. The molecule has 19 heavy (non-hydrogen) atoms. The van der Waals surface area contributed by atoms with Gasteiger partial charge in [0, 0.05) is 39.8 Å². The first-order valence-corrected chi connectivity index (χ1v) is 8.97. The normalized spacial score (nSPS) is 25.3. The lowest BCUT2D eigenvalue weighted by Gasteiger charge is -2.35. The number of hydrogen-bond donors (Lipinski definition) is 1. The predicted molar refractivity (Wildman–Crippen MR) is 77.2 cm³/mol. The summed E-state index contributed by atoms with van der Waals surface area (Å²) in [5.74, 6) is 0.829. The Kier molecular flexibility index (Phi) is 5.62. The molecule has 2 rings (SSSR count). The zero-order valence-electron chi connectivity index (χ0n) is 12.0. The number of nitrogens with zero attached hydrogens (tertiary/aromatic N) is 2. The lowest BCUT2D eigenvalue weighted by molar-refractivity contribution is 0.158. The van der Waals surface area contributed by atoms with Gasteiger partial charge in [-0.15, -0.1) is 0 Å². The van der Waals surface area contributed by atoms with Gasteiger partial charge in [-0.05, 0) is 18.8 Å². The summed E-state index contributed by atoms with van der Waals surface area (Å²) in [5, 5.41) is 0. The van der Waals surface area contributed by atoms with Gasteiger partial charge in [0.1, 0.15) is 0 Å². The van der Waals surface area contributed by atoms with E-state index in [1.54, 1.807) is 4.31 Å². The fourth-order valence-corrected chi connectivity index (χ4v) is 4.10. The van der Waals surface area contributed by atoms with Gasteiger partial charge >= 0.3 is 0 Å². The van der Waals surface area contributed by atoms with E-state index in [0.717, 1.165) is 25.6 Å². The van der Waals surface area contributed by atoms with Gasteiger partial charge in [0.05, 0.1) is 0 Å². The maximum Gasteiger partial charge on any atom is 0.279 e. The Balaban J connectivity index is 1.77. The number of nitrogens with one attached hydrogen (secondary N) is 1. The monoisotopic (exact) mass is 289 g/mol. The van der Waals surface area contributed by atoms with Gasteiger partial charge in [-0.3, -0.25) is 0 Å². The van der Waals surface area contributed by atoms with Crippen LogP contribution >= 0.6 is 0 Å². The number of piperazine rings is 1. The molecule has 0 spiro atoms. The van der Waals surface area contributed by atoms with Crippen molar-refractivity contribution >= 4 is 10.2 Å². The summed E-state index contributed by atoms with van der Waals surface area (Å²) in [6.45, 7) is 4.15. The average molecular weight is 289 g/mol. The van der Waals surface area contributed by atoms with Gasteiger partial charge in [-0.25, -0.2) is 4.72 Å². The highest BCUT2D eigenvalue weighted by Gasteiger charge is 2.26. The maximum atomic E-state index is 11.7. The number of hydrogen-bond acceptors (Lipinski definition) is 3.